The SMILES string of the molecule is CCCNC(=O)[C@H](C)N(Cc1ccccc1C)C(=O)CN(c1ccccc1)S(=O)(=O)c1ccccc1. The summed E-state index contributed by atoms with van der Waals surface area (Å²) in [7, 11) is -4.04. The quantitative estimate of drug-likeness (QED) is 0.423. The number of amides is 2. The Morgan fingerprint density at radius 2 is 1.47 bits per heavy atom. The Kier molecular flexibility index (Phi) is 9.25. The second-order valence-corrected chi connectivity index (χ2v) is 10.4. The van der Waals surface area contributed by atoms with E-state index in [0.29, 0.717) is 12.2 Å². The maximum Gasteiger partial charge on any atom is 0.264 e. The van der Waals surface area contributed by atoms with E-state index in [1.54, 1.807) is 55.5 Å². The van der Waals surface area contributed by atoms with Crippen LogP contribution in [0.2, 0.25) is 0 Å². The van der Waals surface area contributed by atoms with Crippen LogP contribution < -0.4 is 9.62 Å². The molecule has 0 heterocycles. The minimum Gasteiger partial charge on any atom is -0.354 e. The molecule has 8 heteroatoms. The molecular formula is C28H33N3O4S. The third kappa shape index (κ3) is 6.51. The summed E-state index contributed by atoms with van der Waals surface area (Å²) in [5.41, 5.74) is 2.24. The van der Waals surface area contributed by atoms with Crippen molar-refractivity contribution >= 4 is 27.5 Å². The molecule has 0 aromatic heterocycles. The van der Waals surface area contributed by atoms with Crippen LogP contribution in [-0.4, -0.2) is 44.3 Å². The van der Waals surface area contributed by atoms with E-state index in [9.17, 15) is 18.0 Å². The predicted molar refractivity (Wildman–Crippen MR) is 142 cm³/mol. The van der Waals surface area contributed by atoms with Gasteiger partial charge >= 0.3 is 0 Å². The van der Waals surface area contributed by atoms with Gasteiger partial charge in [-0.1, -0.05) is 67.6 Å². The number of para-hydroxylation sites is 1. The zero-order valence-corrected chi connectivity index (χ0v) is 21.7. The van der Waals surface area contributed by atoms with E-state index in [2.05, 4.69) is 5.32 Å². The fourth-order valence-electron chi connectivity index (χ4n) is 3.79. The molecule has 0 saturated carbocycles. The fourth-order valence-corrected chi connectivity index (χ4v) is 5.23. The van der Waals surface area contributed by atoms with Gasteiger partial charge in [0.2, 0.25) is 11.8 Å². The molecule has 1 N–H and O–H groups in total. The summed E-state index contributed by atoms with van der Waals surface area (Å²) in [4.78, 5) is 28.2. The Morgan fingerprint density at radius 3 is 2.08 bits per heavy atom. The highest BCUT2D eigenvalue weighted by atomic mass is 32.2. The van der Waals surface area contributed by atoms with Crippen LogP contribution in [0, 0.1) is 6.92 Å². The summed E-state index contributed by atoms with van der Waals surface area (Å²) in [5, 5.41) is 2.84. The van der Waals surface area contributed by atoms with Crippen LogP contribution in [0.3, 0.4) is 0 Å². The molecule has 2 amide bonds. The third-order valence-electron chi connectivity index (χ3n) is 5.97. The number of rotatable bonds is 11. The number of nitrogens with zero attached hydrogens (tertiary/aromatic N) is 2. The van der Waals surface area contributed by atoms with E-state index in [4.69, 9.17) is 0 Å². The monoisotopic (exact) mass is 507 g/mol. The summed E-state index contributed by atoms with van der Waals surface area (Å²) in [5.74, 6) is -0.753. The second-order valence-electron chi connectivity index (χ2n) is 8.58. The molecule has 0 radical (unpaired) electrons. The van der Waals surface area contributed by atoms with Gasteiger partial charge in [-0.2, -0.15) is 0 Å². The Bertz CT molecular complexity index is 1260. The van der Waals surface area contributed by atoms with Crippen LogP contribution >= 0.6 is 0 Å². The zero-order chi connectivity index (χ0) is 26.1. The Hall–Kier alpha value is -3.65. The summed E-state index contributed by atoms with van der Waals surface area (Å²) in [6.45, 7) is 5.79. The second kappa shape index (κ2) is 12.4. The Balaban J connectivity index is 1.99. The lowest BCUT2D eigenvalue weighted by atomic mass is 10.1. The molecule has 0 unspecified atom stereocenters. The van der Waals surface area contributed by atoms with E-state index >= 15 is 0 Å². The van der Waals surface area contributed by atoms with Gasteiger partial charge in [0.05, 0.1) is 10.6 Å². The predicted octanol–water partition coefficient (Wildman–Crippen LogP) is 4.13. The number of hydrogen-bond acceptors (Lipinski definition) is 4. The molecule has 7 nitrogen and oxygen atoms in total. The van der Waals surface area contributed by atoms with E-state index < -0.39 is 28.5 Å². The fraction of sp³-hybridized carbons (Fsp3) is 0.286. The highest BCUT2D eigenvalue weighted by Gasteiger charge is 2.32. The highest BCUT2D eigenvalue weighted by molar-refractivity contribution is 7.92. The summed E-state index contributed by atoms with van der Waals surface area (Å²) < 4.78 is 28.4. The van der Waals surface area contributed by atoms with Crippen LogP contribution in [0.5, 0.6) is 0 Å². The molecule has 0 aliphatic rings. The lowest BCUT2D eigenvalue weighted by Crippen LogP contribution is -2.51. The number of sulfonamides is 1. The van der Waals surface area contributed by atoms with E-state index in [-0.39, 0.29) is 17.3 Å². The van der Waals surface area contributed by atoms with Crippen LogP contribution in [0.25, 0.3) is 0 Å². The number of carbonyl (C=O) groups is 2. The van der Waals surface area contributed by atoms with Gasteiger partial charge in [0.15, 0.2) is 0 Å². The largest absolute Gasteiger partial charge is 0.354 e. The molecule has 3 aromatic rings. The van der Waals surface area contributed by atoms with Crippen molar-refractivity contribution < 1.29 is 18.0 Å². The first-order valence-corrected chi connectivity index (χ1v) is 13.4. The summed E-state index contributed by atoms with van der Waals surface area (Å²) >= 11 is 0. The maximum absolute atomic E-state index is 13.8. The normalized spacial score (nSPS) is 12.0. The number of benzene rings is 3. The topological polar surface area (TPSA) is 86.8 Å². The summed E-state index contributed by atoms with van der Waals surface area (Å²) in [6.07, 6.45) is 0.765. The number of hydrogen-bond donors (Lipinski definition) is 1. The third-order valence-corrected chi connectivity index (χ3v) is 7.76. The lowest BCUT2D eigenvalue weighted by molar-refractivity contribution is -0.139. The Labute approximate surface area is 213 Å². The molecule has 36 heavy (non-hydrogen) atoms. The number of carbonyl (C=O) groups excluding carboxylic acids is 2. The molecule has 0 saturated heterocycles. The van der Waals surface area contributed by atoms with Gasteiger partial charge in [0.1, 0.15) is 12.6 Å². The average Bonchev–Trinajstić information content (AvgIpc) is 2.90. The molecule has 0 spiro atoms. The number of aryl methyl sites for hydroxylation is 1. The summed E-state index contributed by atoms with van der Waals surface area (Å²) in [6, 6.07) is 23.4. The van der Waals surface area contributed by atoms with Crippen molar-refractivity contribution in [3.8, 4) is 0 Å². The van der Waals surface area contributed by atoms with Crippen LogP contribution in [-0.2, 0) is 26.2 Å². The lowest BCUT2D eigenvalue weighted by Gasteiger charge is -2.32. The van der Waals surface area contributed by atoms with Gasteiger partial charge in [0, 0.05) is 13.1 Å². The number of anilines is 1. The van der Waals surface area contributed by atoms with E-state index in [0.717, 1.165) is 21.9 Å². The van der Waals surface area contributed by atoms with Gasteiger partial charge in [0.25, 0.3) is 10.0 Å². The van der Waals surface area contributed by atoms with Crippen molar-refractivity contribution in [2.45, 2.75) is 44.7 Å². The number of nitrogens with one attached hydrogen (secondary N) is 1. The van der Waals surface area contributed by atoms with Crippen LogP contribution in [0.4, 0.5) is 5.69 Å². The molecule has 0 aliphatic heterocycles. The van der Waals surface area contributed by atoms with E-state index in [1.807, 2.05) is 38.1 Å². The van der Waals surface area contributed by atoms with Crippen molar-refractivity contribution in [3.05, 3.63) is 96.1 Å². The van der Waals surface area contributed by atoms with E-state index in [1.165, 1.54) is 17.0 Å². The average molecular weight is 508 g/mol. The molecule has 3 aromatic carbocycles. The van der Waals surface area contributed by atoms with Crippen molar-refractivity contribution in [2.75, 3.05) is 17.4 Å². The molecule has 190 valence electrons. The van der Waals surface area contributed by atoms with Crippen LogP contribution in [0.1, 0.15) is 31.4 Å². The van der Waals surface area contributed by atoms with Gasteiger partial charge in [-0.3, -0.25) is 13.9 Å². The molecule has 0 fully saturated rings. The molecule has 3 rings (SSSR count). The maximum atomic E-state index is 13.8. The molecule has 0 aliphatic carbocycles. The molecular weight excluding hydrogens is 474 g/mol. The highest BCUT2D eigenvalue weighted by Crippen LogP contribution is 2.24. The van der Waals surface area contributed by atoms with Crippen molar-refractivity contribution in [1.82, 2.24) is 10.2 Å². The standard InChI is InChI=1S/C28H33N3O4S/c1-4-19-29-28(33)23(3)30(20-24-14-12-11-13-22(24)2)27(32)21-31(25-15-7-5-8-16-25)36(34,35)26-17-9-6-10-18-26/h5-18,23H,4,19-21H2,1-3H3,(H,29,33)/t23-/m0/s1. The smallest absolute Gasteiger partial charge is 0.264 e. The van der Waals surface area contributed by atoms with Crippen molar-refractivity contribution in [2.24, 2.45) is 0 Å². The first kappa shape index (κ1) is 26.9. The first-order valence-electron chi connectivity index (χ1n) is 12.0. The molecule has 1 atom stereocenters. The minimum atomic E-state index is -4.04. The zero-order valence-electron chi connectivity index (χ0n) is 20.9. The van der Waals surface area contributed by atoms with Gasteiger partial charge in [-0.05, 0) is 55.7 Å². The minimum absolute atomic E-state index is 0.0841. The Morgan fingerprint density at radius 1 is 0.889 bits per heavy atom. The van der Waals surface area contributed by atoms with Crippen LogP contribution in [0.15, 0.2) is 89.8 Å². The first-order chi connectivity index (χ1) is 17.3. The van der Waals surface area contributed by atoms with Crippen molar-refractivity contribution in [1.29, 1.82) is 0 Å². The van der Waals surface area contributed by atoms with Gasteiger partial charge in [-0.15, -0.1) is 0 Å². The van der Waals surface area contributed by atoms with Gasteiger partial charge in [-0.25, -0.2) is 8.42 Å². The molecule has 0 bridgehead atoms. The van der Waals surface area contributed by atoms with Gasteiger partial charge < -0.3 is 10.2 Å². The van der Waals surface area contributed by atoms with Crippen molar-refractivity contribution in [3.63, 3.8) is 0 Å².